The molecule has 0 spiro atoms. The molecule has 2 aliphatic rings. The van der Waals surface area contributed by atoms with E-state index in [0.717, 1.165) is 25.2 Å². The molecule has 98 valence electrons. The van der Waals surface area contributed by atoms with E-state index in [1.54, 1.807) is 0 Å². The van der Waals surface area contributed by atoms with Gasteiger partial charge in [-0.1, -0.05) is 34.1 Å². The first-order chi connectivity index (χ1) is 7.90. The van der Waals surface area contributed by atoms with Crippen LogP contribution in [-0.4, -0.2) is 5.78 Å². The summed E-state index contributed by atoms with van der Waals surface area (Å²) in [5.41, 5.74) is 0.528. The molecule has 0 aromatic carbocycles. The molecule has 0 N–H and O–H groups in total. The van der Waals surface area contributed by atoms with Crippen molar-refractivity contribution in [2.75, 3.05) is 0 Å². The standard InChI is InChI=1S/C16H28O/c1-5-9-15(2,3)12-8-10-16(4)13(11-12)6-7-14(16)17/h12-13H,5-11H2,1-4H3. The molecule has 0 radical (unpaired) electrons. The molecule has 2 fully saturated rings. The predicted octanol–water partition coefficient (Wildman–Crippen LogP) is 4.60. The second kappa shape index (κ2) is 4.40. The summed E-state index contributed by atoms with van der Waals surface area (Å²) in [6.45, 7) is 9.38. The summed E-state index contributed by atoms with van der Waals surface area (Å²) in [5.74, 6) is 2.07. The summed E-state index contributed by atoms with van der Waals surface area (Å²) in [6, 6.07) is 0. The maximum Gasteiger partial charge on any atom is 0.139 e. The van der Waals surface area contributed by atoms with Gasteiger partial charge in [-0.2, -0.15) is 0 Å². The van der Waals surface area contributed by atoms with Crippen LogP contribution in [0.5, 0.6) is 0 Å². The lowest BCUT2D eigenvalue weighted by Gasteiger charge is -2.45. The fourth-order valence-corrected chi connectivity index (χ4v) is 4.35. The quantitative estimate of drug-likeness (QED) is 0.700. The third-order valence-electron chi connectivity index (χ3n) is 5.84. The van der Waals surface area contributed by atoms with E-state index in [1.807, 2.05) is 0 Å². The minimum atomic E-state index is 0.0544. The molecule has 0 aromatic heterocycles. The van der Waals surface area contributed by atoms with Crippen molar-refractivity contribution < 1.29 is 4.79 Å². The van der Waals surface area contributed by atoms with Crippen LogP contribution in [0.2, 0.25) is 0 Å². The highest BCUT2D eigenvalue weighted by Crippen LogP contribution is 2.55. The first-order valence-electron chi connectivity index (χ1n) is 7.43. The highest BCUT2D eigenvalue weighted by atomic mass is 16.1. The van der Waals surface area contributed by atoms with Crippen molar-refractivity contribution in [2.24, 2.45) is 22.7 Å². The number of ketones is 1. The largest absolute Gasteiger partial charge is 0.299 e. The SMILES string of the molecule is CCCC(C)(C)C1CCC2(C)C(=O)CCC2C1. The number of hydrogen-bond donors (Lipinski definition) is 0. The summed E-state index contributed by atoms with van der Waals surface area (Å²) in [6.07, 6.45) is 8.34. The van der Waals surface area contributed by atoms with Crippen molar-refractivity contribution in [3.05, 3.63) is 0 Å². The van der Waals surface area contributed by atoms with Crippen LogP contribution in [0.3, 0.4) is 0 Å². The van der Waals surface area contributed by atoms with Crippen LogP contribution >= 0.6 is 0 Å². The molecule has 1 nitrogen and oxygen atoms in total. The average Bonchev–Trinajstić information content (AvgIpc) is 2.55. The number of hydrogen-bond acceptors (Lipinski definition) is 1. The molecule has 1 heteroatoms. The molecular weight excluding hydrogens is 208 g/mol. The van der Waals surface area contributed by atoms with Crippen molar-refractivity contribution in [3.8, 4) is 0 Å². The molecule has 0 aliphatic heterocycles. The summed E-state index contributed by atoms with van der Waals surface area (Å²) >= 11 is 0. The van der Waals surface area contributed by atoms with Gasteiger partial charge in [0.25, 0.3) is 0 Å². The lowest BCUT2D eigenvalue weighted by molar-refractivity contribution is -0.129. The Kier molecular flexibility index (Phi) is 3.40. The minimum absolute atomic E-state index is 0.0544. The third kappa shape index (κ3) is 2.18. The van der Waals surface area contributed by atoms with E-state index in [0.29, 0.717) is 17.1 Å². The molecular formula is C16H28O. The number of fused-ring (bicyclic) bond motifs is 1. The zero-order valence-electron chi connectivity index (χ0n) is 12.0. The summed E-state index contributed by atoms with van der Waals surface area (Å²) in [7, 11) is 0. The van der Waals surface area contributed by atoms with Crippen LogP contribution in [-0.2, 0) is 4.79 Å². The molecule has 0 aromatic rings. The maximum absolute atomic E-state index is 12.0. The maximum atomic E-state index is 12.0. The first kappa shape index (κ1) is 13.1. The fourth-order valence-electron chi connectivity index (χ4n) is 4.35. The van der Waals surface area contributed by atoms with Gasteiger partial charge in [0, 0.05) is 11.8 Å². The Morgan fingerprint density at radius 2 is 2.06 bits per heavy atom. The van der Waals surface area contributed by atoms with E-state index in [-0.39, 0.29) is 5.41 Å². The van der Waals surface area contributed by atoms with Crippen LogP contribution in [0.15, 0.2) is 0 Å². The molecule has 0 saturated heterocycles. The molecule has 0 amide bonds. The third-order valence-corrected chi connectivity index (χ3v) is 5.84. The van der Waals surface area contributed by atoms with Gasteiger partial charge in [0.1, 0.15) is 5.78 Å². The Labute approximate surface area is 106 Å². The summed E-state index contributed by atoms with van der Waals surface area (Å²) in [4.78, 5) is 12.0. The zero-order chi connectivity index (χ0) is 12.7. The van der Waals surface area contributed by atoms with Gasteiger partial charge in [-0.05, 0) is 49.4 Å². The summed E-state index contributed by atoms with van der Waals surface area (Å²) in [5, 5.41) is 0. The highest BCUT2D eigenvalue weighted by molar-refractivity contribution is 5.87. The van der Waals surface area contributed by atoms with Crippen LogP contribution < -0.4 is 0 Å². The van der Waals surface area contributed by atoms with Crippen molar-refractivity contribution >= 4 is 5.78 Å². The van der Waals surface area contributed by atoms with Gasteiger partial charge in [-0.15, -0.1) is 0 Å². The fraction of sp³-hybridized carbons (Fsp3) is 0.938. The van der Waals surface area contributed by atoms with E-state index < -0.39 is 0 Å². The van der Waals surface area contributed by atoms with E-state index in [1.165, 1.54) is 25.7 Å². The molecule has 2 rings (SSSR count). The number of Topliss-reactive ketones (excluding diaryl/α,β-unsaturated/α-hetero) is 1. The van der Waals surface area contributed by atoms with Crippen molar-refractivity contribution in [1.82, 2.24) is 0 Å². The Balaban J connectivity index is 2.07. The Morgan fingerprint density at radius 3 is 2.71 bits per heavy atom. The van der Waals surface area contributed by atoms with Gasteiger partial charge < -0.3 is 0 Å². The molecule has 0 bridgehead atoms. The molecule has 17 heavy (non-hydrogen) atoms. The van der Waals surface area contributed by atoms with Crippen LogP contribution in [0.1, 0.15) is 72.6 Å². The molecule has 2 saturated carbocycles. The number of carbonyl (C=O) groups excluding carboxylic acids is 1. The topological polar surface area (TPSA) is 17.1 Å². The van der Waals surface area contributed by atoms with E-state index in [4.69, 9.17) is 0 Å². The van der Waals surface area contributed by atoms with Crippen molar-refractivity contribution in [3.63, 3.8) is 0 Å². The van der Waals surface area contributed by atoms with Crippen molar-refractivity contribution in [2.45, 2.75) is 72.6 Å². The second-order valence-corrected chi connectivity index (χ2v) is 7.29. The molecule has 3 atom stereocenters. The van der Waals surface area contributed by atoms with Gasteiger partial charge in [-0.3, -0.25) is 4.79 Å². The van der Waals surface area contributed by atoms with Gasteiger partial charge in [0.15, 0.2) is 0 Å². The van der Waals surface area contributed by atoms with Crippen LogP contribution in [0.25, 0.3) is 0 Å². The summed E-state index contributed by atoms with van der Waals surface area (Å²) < 4.78 is 0. The van der Waals surface area contributed by atoms with E-state index >= 15 is 0 Å². The first-order valence-corrected chi connectivity index (χ1v) is 7.43. The lowest BCUT2D eigenvalue weighted by atomic mass is 9.59. The van der Waals surface area contributed by atoms with E-state index in [2.05, 4.69) is 27.7 Å². The van der Waals surface area contributed by atoms with Gasteiger partial charge in [-0.25, -0.2) is 0 Å². The number of carbonyl (C=O) groups is 1. The molecule has 3 unspecified atom stereocenters. The normalized spacial score (nSPS) is 38.2. The minimum Gasteiger partial charge on any atom is -0.299 e. The van der Waals surface area contributed by atoms with Crippen molar-refractivity contribution in [1.29, 1.82) is 0 Å². The molecule has 2 aliphatic carbocycles. The zero-order valence-corrected chi connectivity index (χ0v) is 12.0. The Morgan fingerprint density at radius 1 is 1.35 bits per heavy atom. The molecule has 0 heterocycles. The van der Waals surface area contributed by atoms with Gasteiger partial charge in [0.2, 0.25) is 0 Å². The monoisotopic (exact) mass is 236 g/mol. The van der Waals surface area contributed by atoms with Gasteiger partial charge in [0.05, 0.1) is 0 Å². The van der Waals surface area contributed by atoms with Gasteiger partial charge >= 0.3 is 0 Å². The average molecular weight is 236 g/mol. The Hall–Kier alpha value is -0.330. The van der Waals surface area contributed by atoms with Crippen LogP contribution in [0, 0.1) is 22.7 Å². The highest BCUT2D eigenvalue weighted by Gasteiger charge is 2.50. The second-order valence-electron chi connectivity index (χ2n) is 7.29. The van der Waals surface area contributed by atoms with Crippen LogP contribution in [0.4, 0.5) is 0 Å². The van der Waals surface area contributed by atoms with E-state index in [9.17, 15) is 4.79 Å². The Bertz CT molecular complexity index is 305. The smallest absolute Gasteiger partial charge is 0.139 e. The predicted molar refractivity (Wildman–Crippen MR) is 71.9 cm³/mol. The number of rotatable bonds is 3. The lowest BCUT2D eigenvalue weighted by Crippen LogP contribution is -2.39.